The van der Waals surface area contributed by atoms with E-state index in [9.17, 15) is 0 Å². The van der Waals surface area contributed by atoms with E-state index in [4.69, 9.17) is 4.74 Å². The molecule has 1 heterocycles. The van der Waals surface area contributed by atoms with E-state index in [0.717, 1.165) is 12.6 Å². The van der Waals surface area contributed by atoms with Crippen LogP contribution < -0.4 is 0 Å². The van der Waals surface area contributed by atoms with Crippen LogP contribution in [-0.2, 0) is 11.3 Å². The number of likely N-dealkylation sites (tertiary alicyclic amines) is 1. The molecular weight excluding hydrogens is 294 g/mol. The minimum Gasteiger partial charge on any atom is -0.374 e. The molecule has 0 N–H and O–H groups in total. The maximum absolute atomic E-state index is 6.01. The quantitative estimate of drug-likeness (QED) is 0.740. The minimum absolute atomic E-state index is 0.507. The third-order valence-corrected chi connectivity index (χ3v) is 6.17. The molecule has 2 aliphatic carbocycles. The molecular formula is C22H31NO. The van der Waals surface area contributed by atoms with Crippen molar-refractivity contribution < 1.29 is 4.74 Å². The van der Waals surface area contributed by atoms with Gasteiger partial charge < -0.3 is 4.74 Å². The van der Waals surface area contributed by atoms with Crippen LogP contribution in [-0.4, -0.2) is 30.1 Å². The summed E-state index contributed by atoms with van der Waals surface area (Å²) in [6.45, 7) is 3.31. The molecule has 3 aliphatic rings. The molecule has 2 nitrogen and oxygen atoms in total. The molecule has 0 aromatic heterocycles. The zero-order chi connectivity index (χ0) is 16.2. The van der Waals surface area contributed by atoms with Gasteiger partial charge in [-0.3, -0.25) is 4.90 Å². The average molecular weight is 325 g/mol. The monoisotopic (exact) mass is 325 g/mol. The van der Waals surface area contributed by atoms with Crippen molar-refractivity contribution in [1.29, 1.82) is 0 Å². The van der Waals surface area contributed by atoms with Crippen LogP contribution in [0.5, 0.6) is 0 Å². The van der Waals surface area contributed by atoms with Gasteiger partial charge in [0.05, 0.1) is 12.7 Å². The Morgan fingerprint density at radius 3 is 2.25 bits per heavy atom. The van der Waals surface area contributed by atoms with Crippen molar-refractivity contribution in [2.24, 2.45) is 0 Å². The largest absolute Gasteiger partial charge is 0.374 e. The van der Waals surface area contributed by atoms with E-state index in [1.165, 1.54) is 82.0 Å². The normalized spacial score (nSPS) is 23.4. The summed E-state index contributed by atoms with van der Waals surface area (Å²) in [5.41, 5.74) is 4.29. The van der Waals surface area contributed by atoms with E-state index in [-0.39, 0.29) is 0 Å². The number of hydrogen-bond acceptors (Lipinski definition) is 2. The fraction of sp³-hybridized carbons (Fsp3) is 0.636. The van der Waals surface area contributed by atoms with Gasteiger partial charge in [0, 0.05) is 19.1 Å². The Morgan fingerprint density at radius 2 is 1.62 bits per heavy atom. The summed E-state index contributed by atoms with van der Waals surface area (Å²) in [4.78, 5) is 2.71. The van der Waals surface area contributed by atoms with Gasteiger partial charge in [-0.25, -0.2) is 0 Å². The van der Waals surface area contributed by atoms with Crippen molar-refractivity contribution in [3.05, 3.63) is 41.0 Å². The van der Waals surface area contributed by atoms with E-state index in [1.807, 2.05) is 0 Å². The van der Waals surface area contributed by atoms with Gasteiger partial charge in [-0.15, -0.1) is 0 Å². The average Bonchev–Trinajstić information content (AvgIpc) is 3.08. The molecule has 2 heteroatoms. The van der Waals surface area contributed by atoms with E-state index in [2.05, 4.69) is 35.2 Å². The van der Waals surface area contributed by atoms with Crippen LogP contribution in [0.15, 0.2) is 29.8 Å². The fourth-order valence-electron chi connectivity index (χ4n) is 4.29. The van der Waals surface area contributed by atoms with Crippen LogP contribution in [0.4, 0.5) is 0 Å². The summed E-state index contributed by atoms with van der Waals surface area (Å²) in [5, 5.41) is 0. The van der Waals surface area contributed by atoms with Gasteiger partial charge >= 0.3 is 0 Å². The highest BCUT2D eigenvalue weighted by Gasteiger charge is 2.26. The molecule has 1 aromatic carbocycles. The number of ether oxygens (including phenoxy) is 1. The SMILES string of the molecule is C(=C1CCN(C2CCC2)CC1)c1ccc(COC2CCCC2)cc1. The number of nitrogens with zero attached hydrogens (tertiary/aromatic N) is 1. The van der Waals surface area contributed by atoms with Gasteiger partial charge in [-0.05, 0) is 49.7 Å². The molecule has 130 valence electrons. The lowest BCUT2D eigenvalue weighted by molar-refractivity contribution is 0.0457. The Kier molecular flexibility index (Phi) is 5.34. The molecule has 1 saturated heterocycles. The number of piperidine rings is 1. The Balaban J connectivity index is 1.27. The highest BCUT2D eigenvalue weighted by molar-refractivity contribution is 5.53. The lowest BCUT2D eigenvalue weighted by Gasteiger charge is -2.40. The second-order valence-corrected chi connectivity index (χ2v) is 7.88. The van der Waals surface area contributed by atoms with Crippen LogP contribution >= 0.6 is 0 Å². The third kappa shape index (κ3) is 4.10. The van der Waals surface area contributed by atoms with Crippen LogP contribution in [0.3, 0.4) is 0 Å². The van der Waals surface area contributed by atoms with Crippen molar-refractivity contribution in [3.63, 3.8) is 0 Å². The Bertz CT molecular complexity index is 542. The van der Waals surface area contributed by atoms with Crippen molar-refractivity contribution in [3.8, 4) is 0 Å². The van der Waals surface area contributed by atoms with E-state index < -0.39 is 0 Å². The zero-order valence-corrected chi connectivity index (χ0v) is 14.9. The highest BCUT2D eigenvalue weighted by atomic mass is 16.5. The lowest BCUT2D eigenvalue weighted by atomic mass is 9.89. The molecule has 0 amide bonds. The Morgan fingerprint density at radius 1 is 0.917 bits per heavy atom. The third-order valence-electron chi connectivity index (χ3n) is 6.17. The first-order chi connectivity index (χ1) is 11.9. The molecule has 0 radical (unpaired) electrons. The van der Waals surface area contributed by atoms with Crippen molar-refractivity contribution in [1.82, 2.24) is 4.90 Å². The first-order valence-electron chi connectivity index (χ1n) is 10.0. The first kappa shape index (κ1) is 16.4. The summed E-state index contributed by atoms with van der Waals surface area (Å²) in [5.74, 6) is 0. The Hall–Kier alpha value is -1.12. The number of benzene rings is 1. The molecule has 0 bridgehead atoms. The molecule has 1 aliphatic heterocycles. The Labute approximate surface area is 146 Å². The highest BCUT2D eigenvalue weighted by Crippen LogP contribution is 2.29. The molecule has 4 rings (SSSR count). The van der Waals surface area contributed by atoms with Crippen molar-refractivity contribution in [2.75, 3.05) is 13.1 Å². The molecule has 1 aromatic rings. The summed E-state index contributed by atoms with van der Waals surface area (Å²) in [6, 6.07) is 9.91. The van der Waals surface area contributed by atoms with E-state index in [0.29, 0.717) is 6.10 Å². The van der Waals surface area contributed by atoms with Crippen LogP contribution in [0, 0.1) is 0 Å². The second-order valence-electron chi connectivity index (χ2n) is 7.88. The maximum Gasteiger partial charge on any atom is 0.0720 e. The van der Waals surface area contributed by atoms with Crippen LogP contribution in [0.25, 0.3) is 6.08 Å². The predicted molar refractivity (Wildman–Crippen MR) is 99.9 cm³/mol. The van der Waals surface area contributed by atoms with E-state index in [1.54, 1.807) is 5.57 Å². The standard InChI is InChI=1S/C22H31NO/c1-2-7-22(6-1)24-17-20-10-8-18(9-11-20)16-19-12-14-23(15-13-19)21-4-3-5-21/h8-11,16,21-22H,1-7,12-15,17H2. The smallest absolute Gasteiger partial charge is 0.0720 e. The van der Waals surface area contributed by atoms with Gasteiger partial charge in [-0.1, -0.05) is 55.2 Å². The summed E-state index contributed by atoms with van der Waals surface area (Å²) >= 11 is 0. The predicted octanol–water partition coefficient (Wildman–Crippen LogP) is 5.18. The topological polar surface area (TPSA) is 12.5 Å². The van der Waals surface area contributed by atoms with Crippen molar-refractivity contribution in [2.45, 2.75) is 76.5 Å². The molecule has 0 atom stereocenters. The van der Waals surface area contributed by atoms with Gasteiger partial charge in [0.1, 0.15) is 0 Å². The second kappa shape index (κ2) is 7.84. The summed E-state index contributed by atoms with van der Waals surface area (Å²) < 4.78 is 6.01. The molecule has 0 spiro atoms. The minimum atomic E-state index is 0.507. The van der Waals surface area contributed by atoms with Crippen LogP contribution in [0.2, 0.25) is 0 Å². The van der Waals surface area contributed by atoms with Gasteiger partial charge in [-0.2, -0.15) is 0 Å². The summed E-state index contributed by atoms with van der Waals surface area (Å²) in [7, 11) is 0. The number of rotatable bonds is 5. The molecule has 24 heavy (non-hydrogen) atoms. The maximum atomic E-state index is 6.01. The van der Waals surface area contributed by atoms with Crippen molar-refractivity contribution >= 4 is 6.08 Å². The molecule has 0 unspecified atom stereocenters. The zero-order valence-electron chi connectivity index (χ0n) is 14.9. The van der Waals surface area contributed by atoms with Gasteiger partial charge in [0.15, 0.2) is 0 Å². The molecule has 2 saturated carbocycles. The van der Waals surface area contributed by atoms with Gasteiger partial charge in [0.25, 0.3) is 0 Å². The molecule has 3 fully saturated rings. The first-order valence-corrected chi connectivity index (χ1v) is 10.0. The number of hydrogen-bond donors (Lipinski definition) is 0. The van der Waals surface area contributed by atoms with Gasteiger partial charge in [0.2, 0.25) is 0 Å². The lowest BCUT2D eigenvalue weighted by Crippen LogP contribution is -2.43. The van der Waals surface area contributed by atoms with Crippen LogP contribution in [0.1, 0.15) is 68.9 Å². The van der Waals surface area contributed by atoms with E-state index >= 15 is 0 Å². The summed E-state index contributed by atoms with van der Waals surface area (Å²) in [6.07, 6.45) is 14.9. The fourth-order valence-corrected chi connectivity index (χ4v) is 4.29.